The molecule has 0 aliphatic heterocycles. The van der Waals surface area contributed by atoms with Crippen LogP contribution in [0.4, 0.5) is 23.1 Å². The number of aromatic nitrogens is 3. The Morgan fingerprint density at radius 3 is 2.50 bits per heavy atom. The molecule has 2 N–H and O–H groups in total. The average molecular weight is 349 g/mol. The van der Waals surface area contributed by atoms with Gasteiger partial charge in [-0.3, -0.25) is 0 Å². The van der Waals surface area contributed by atoms with Gasteiger partial charge in [0.15, 0.2) is 5.82 Å². The largest absolute Gasteiger partial charge is 0.489 e. The number of nitrogens with zero attached hydrogens (tertiary/aromatic N) is 3. The fourth-order valence-corrected chi connectivity index (χ4v) is 2.49. The molecule has 6 heteroatoms. The summed E-state index contributed by atoms with van der Waals surface area (Å²) in [7, 11) is 0. The van der Waals surface area contributed by atoms with Crippen LogP contribution < -0.4 is 15.4 Å². The number of ether oxygens (including phenoxy) is 1. The summed E-state index contributed by atoms with van der Waals surface area (Å²) in [6.45, 7) is 8.13. The summed E-state index contributed by atoms with van der Waals surface area (Å²) in [6.07, 6.45) is 1.67. The molecule has 134 valence electrons. The first-order chi connectivity index (χ1) is 12.5. The van der Waals surface area contributed by atoms with E-state index in [1.807, 2.05) is 50.2 Å². The molecular formula is C20H23N5O. The number of anilines is 4. The van der Waals surface area contributed by atoms with E-state index < -0.39 is 0 Å². The Morgan fingerprint density at radius 2 is 1.69 bits per heavy atom. The first-order valence-corrected chi connectivity index (χ1v) is 8.58. The van der Waals surface area contributed by atoms with Crippen molar-refractivity contribution in [2.45, 2.75) is 33.8 Å². The van der Waals surface area contributed by atoms with Crippen molar-refractivity contribution in [1.82, 2.24) is 15.2 Å². The molecule has 0 aliphatic rings. The van der Waals surface area contributed by atoms with Gasteiger partial charge in [-0.2, -0.15) is 10.1 Å². The van der Waals surface area contributed by atoms with Crippen molar-refractivity contribution in [2.75, 3.05) is 10.6 Å². The fraction of sp³-hybridized carbons (Fsp3) is 0.250. The number of nitrogens with one attached hydrogen (secondary N) is 2. The number of benzene rings is 2. The van der Waals surface area contributed by atoms with Gasteiger partial charge in [-0.25, -0.2) is 0 Å². The molecule has 0 spiro atoms. The van der Waals surface area contributed by atoms with Crippen LogP contribution in [-0.2, 0) is 0 Å². The van der Waals surface area contributed by atoms with Crippen molar-refractivity contribution in [3.63, 3.8) is 0 Å². The second-order valence-corrected chi connectivity index (χ2v) is 6.33. The lowest BCUT2D eigenvalue weighted by molar-refractivity contribution is 0.244. The fourth-order valence-electron chi connectivity index (χ4n) is 2.49. The summed E-state index contributed by atoms with van der Waals surface area (Å²) in [5.41, 5.74) is 4.16. The minimum atomic E-state index is 0.0861. The van der Waals surface area contributed by atoms with Gasteiger partial charge in [-0.1, -0.05) is 24.3 Å². The molecule has 0 fully saturated rings. The van der Waals surface area contributed by atoms with Crippen LogP contribution in [0.3, 0.4) is 0 Å². The zero-order valence-electron chi connectivity index (χ0n) is 15.4. The van der Waals surface area contributed by atoms with E-state index in [4.69, 9.17) is 4.74 Å². The summed E-state index contributed by atoms with van der Waals surface area (Å²) in [6, 6.07) is 13.8. The highest BCUT2D eigenvalue weighted by molar-refractivity contribution is 5.65. The van der Waals surface area contributed by atoms with Gasteiger partial charge in [-0.05, 0) is 57.0 Å². The van der Waals surface area contributed by atoms with Crippen molar-refractivity contribution in [1.29, 1.82) is 0 Å². The van der Waals surface area contributed by atoms with Crippen molar-refractivity contribution in [2.24, 2.45) is 0 Å². The normalized spacial score (nSPS) is 10.7. The maximum Gasteiger partial charge on any atom is 0.249 e. The minimum absolute atomic E-state index is 0.0861. The van der Waals surface area contributed by atoms with E-state index in [1.165, 1.54) is 5.56 Å². The van der Waals surface area contributed by atoms with E-state index in [2.05, 4.69) is 45.7 Å². The van der Waals surface area contributed by atoms with Crippen LogP contribution in [0.2, 0.25) is 0 Å². The maximum atomic E-state index is 5.83. The van der Waals surface area contributed by atoms with Gasteiger partial charge >= 0.3 is 0 Å². The number of rotatable bonds is 6. The lowest BCUT2D eigenvalue weighted by Gasteiger charge is -2.15. The summed E-state index contributed by atoms with van der Waals surface area (Å²) in [4.78, 5) is 4.50. The lowest BCUT2D eigenvalue weighted by atomic mass is 10.1. The van der Waals surface area contributed by atoms with E-state index in [-0.39, 0.29) is 6.10 Å². The quantitative estimate of drug-likeness (QED) is 0.668. The van der Waals surface area contributed by atoms with Gasteiger partial charge in [0.05, 0.1) is 18.0 Å². The van der Waals surface area contributed by atoms with Crippen LogP contribution in [0.25, 0.3) is 0 Å². The molecule has 0 bridgehead atoms. The number of aryl methyl sites for hydroxylation is 1. The Labute approximate surface area is 153 Å². The van der Waals surface area contributed by atoms with E-state index in [9.17, 15) is 0 Å². The SMILES string of the molecule is Cc1cccc(Nc2nncc(Nc3ccccc3OC(C)C)n2)c1C. The van der Waals surface area contributed by atoms with E-state index in [0.717, 1.165) is 22.7 Å². The van der Waals surface area contributed by atoms with Crippen LogP contribution in [0.5, 0.6) is 5.75 Å². The van der Waals surface area contributed by atoms with Crippen molar-refractivity contribution in [3.05, 3.63) is 59.8 Å². The Kier molecular flexibility index (Phi) is 5.31. The zero-order valence-corrected chi connectivity index (χ0v) is 15.4. The number of para-hydroxylation sites is 2. The molecule has 0 saturated heterocycles. The molecule has 0 unspecified atom stereocenters. The standard InChI is InChI=1S/C20H23N5O/c1-13(2)26-18-11-6-5-9-17(18)22-19-12-21-25-20(24-19)23-16-10-7-8-14(3)15(16)4/h5-13H,1-4H3,(H2,22,23,24,25). The molecule has 3 aromatic rings. The molecular weight excluding hydrogens is 326 g/mol. The molecule has 1 heterocycles. The highest BCUT2D eigenvalue weighted by atomic mass is 16.5. The van der Waals surface area contributed by atoms with Crippen molar-refractivity contribution in [3.8, 4) is 5.75 Å². The van der Waals surface area contributed by atoms with Crippen LogP contribution in [-0.4, -0.2) is 21.3 Å². The topological polar surface area (TPSA) is 72.0 Å². The number of hydrogen-bond acceptors (Lipinski definition) is 6. The van der Waals surface area contributed by atoms with Crippen molar-refractivity contribution < 1.29 is 4.74 Å². The summed E-state index contributed by atoms with van der Waals surface area (Å²) >= 11 is 0. The van der Waals surface area contributed by atoms with Crippen LogP contribution in [0.1, 0.15) is 25.0 Å². The highest BCUT2D eigenvalue weighted by Gasteiger charge is 2.08. The second kappa shape index (κ2) is 7.82. The first kappa shape index (κ1) is 17.7. The van der Waals surface area contributed by atoms with Gasteiger partial charge in [0.1, 0.15) is 5.75 Å². The van der Waals surface area contributed by atoms with Crippen LogP contribution in [0.15, 0.2) is 48.7 Å². The maximum absolute atomic E-state index is 5.83. The smallest absolute Gasteiger partial charge is 0.249 e. The molecule has 0 aliphatic carbocycles. The zero-order chi connectivity index (χ0) is 18.5. The van der Waals surface area contributed by atoms with Gasteiger partial charge in [0, 0.05) is 5.69 Å². The molecule has 3 rings (SSSR count). The molecule has 0 radical (unpaired) electrons. The second-order valence-electron chi connectivity index (χ2n) is 6.33. The molecule has 2 aromatic carbocycles. The Hall–Kier alpha value is -3.15. The monoisotopic (exact) mass is 349 g/mol. The average Bonchev–Trinajstić information content (AvgIpc) is 2.61. The van der Waals surface area contributed by atoms with Crippen LogP contribution in [0, 0.1) is 13.8 Å². The predicted molar refractivity (Wildman–Crippen MR) is 105 cm³/mol. The van der Waals surface area contributed by atoms with Gasteiger partial charge in [0.25, 0.3) is 0 Å². The highest BCUT2D eigenvalue weighted by Crippen LogP contribution is 2.28. The Bertz CT molecular complexity index is 895. The van der Waals surface area contributed by atoms with Crippen molar-refractivity contribution >= 4 is 23.1 Å². The van der Waals surface area contributed by atoms with Gasteiger partial charge in [-0.15, -0.1) is 5.10 Å². The molecule has 0 saturated carbocycles. The lowest BCUT2D eigenvalue weighted by Crippen LogP contribution is -2.08. The van der Waals surface area contributed by atoms with E-state index in [1.54, 1.807) is 6.20 Å². The first-order valence-electron chi connectivity index (χ1n) is 8.58. The third kappa shape index (κ3) is 4.27. The Morgan fingerprint density at radius 1 is 0.923 bits per heavy atom. The van der Waals surface area contributed by atoms with E-state index in [0.29, 0.717) is 11.8 Å². The third-order valence-electron chi connectivity index (χ3n) is 3.92. The summed E-state index contributed by atoms with van der Waals surface area (Å²) in [5.74, 6) is 1.80. The Balaban J connectivity index is 1.81. The number of hydrogen-bond donors (Lipinski definition) is 2. The third-order valence-corrected chi connectivity index (χ3v) is 3.92. The molecule has 0 atom stereocenters. The summed E-state index contributed by atoms with van der Waals surface area (Å²) in [5, 5.41) is 14.6. The van der Waals surface area contributed by atoms with Gasteiger partial charge in [0.2, 0.25) is 5.95 Å². The molecule has 6 nitrogen and oxygen atoms in total. The predicted octanol–water partition coefficient (Wildman–Crippen LogP) is 4.76. The minimum Gasteiger partial charge on any atom is -0.489 e. The van der Waals surface area contributed by atoms with Crippen LogP contribution >= 0.6 is 0 Å². The van der Waals surface area contributed by atoms with Gasteiger partial charge < -0.3 is 15.4 Å². The molecule has 1 aromatic heterocycles. The molecule has 26 heavy (non-hydrogen) atoms. The summed E-state index contributed by atoms with van der Waals surface area (Å²) < 4.78 is 5.83. The molecule has 0 amide bonds. The van der Waals surface area contributed by atoms with E-state index >= 15 is 0 Å².